The SMILES string of the molecule is CC(C)C(=O)CNC(=O)C1Cc2ccccc2C1. The van der Waals surface area contributed by atoms with Gasteiger partial charge in [-0.2, -0.15) is 0 Å². The average Bonchev–Trinajstić information content (AvgIpc) is 2.79. The van der Waals surface area contributed by atoms with Gasteiger partial charge in [0.25, 0.3) is 0 Å². The molecule has 0 bridgehead atoms. The highest BCUT2D eigenvalue weighted by molar-refractivity contribution is 5.88. The van der Waals surface area contributed by atoms with E-state index in [0.29, 0.717) is 0 Å². The fourth-order valence-corrected chi connectivity index (χ4v) is 2.27. The zero-order valence-electron chi connectivity index (χ0n) is 10.9. The Hall–Kier alpha value is -1.64. The molecular weight excluding hydrogens is 226 g/mol. The molecule has 1 amide bonds. The predicted molar refractivity (Wildman–Crippen MR) is 70.2 cm³/mol. The highest BCUT2D eigenvalue weighted by Crippen LogP contribution is 2.26. The molecule has 0 saturated heterocycles. The zero-order chi connectivity index (χ0) is 13.1. The topological polar surface area (TPSA) is 46.2 Å². The molecule has 1 aliphatic rings. The lowest BCUT2D eigenvalue weighted by molar-refractivity contribution is -0.128. The largest absolute Gasteiger partial charge is 0.349 e. The van der Waals surface area contributed by atoms with Crippen molar-refractivity contribution in [2.45, 2.75) is 26.7 Å². The smallest absolute Gasteiger partial charge is 0.224 e. The summed E-state index contributed by atoms with van der Waals surface area (Å²) in [5, 5.41) is 2.75. The van der Waals surface area contributed by atoms with E-state index in [9.17, 15) is 9.59 Å². The molecule has 3 heteroatoms. The third kappa shape index (κ3) is 2.78. The van der Waals surface area contributed by atoms with Crippen LogP contribution in [0.5, 0.6) is 0 Å². The van der Waals surface area contributed by atoms with E-state index < -0.39 is 0 Å². The predicted octanol–water partition coefficient (Wildman–Crippen LogP) is 1.74. The maximum atomic E-state index is 12.0. The summed E-state index contributed by atoms with van der Waals surface area (Å²) in [7, 11) is 0. The van der Waals surface area contributed by atoms with Gasteiger partial charge >= 0.3 is 0 Å². The fraction of sp³-hybridized carbons (Fsp3) is 0.467. The fourth-order valence-electron chi connectivity index (χ4n) is 2.27. The summed E-state index contributed by atoms with van der Waals surface area (Å²) in [4.78, 5) is 23.4. The van der Waals surface area contributed by atoms with Crippen molar-refractivity contribution < 1.29 is 9.59 Å². The van der Waals surface area contributed by atoms with Gasteiger partial charge in [0.15, 0.2) is 5.78 Å². The Morgan fingerprint density at radius 1 is 1.22 bits per heavy atom. The number of carbonyl (C=O) groups is 2. The molecule has 0 fully saturated rings. The number of rotatable bonds is 4. The molecule has 1 aliphatic carbocycles. The molecule has 0 aromatic heterocycles. The summed E-state index contributed by atoms with van der Waals surface area (Å²) in [5.41, 5.74) is 2.51. The summed E-state index contributed by atoms with van der Waals surface area (Å²) in [6.45, 7) is 3.85. The number of carbonyl (C=O) groups excluding carboxylic acids is 2. The van der Waals surface area contributed by atoms with Crippen LogP contribution in [0.1, 0.15) is 25.0 Å². The maximum Gasteiger partial charge on any atom is 0.224 e. The summed E-state index contributed by atoms with van der Waals surface area (Å²) in [6, 6.07) is 8.15. The van der Waals surface area contributed by atoms with Gasteiger partial charge in [-0.05, 0) is 24.0 Å². The first-order chi connectivity index (χ1) is 8.58. The van der Waals surface area contributed by atoms with Crippen LogP contribution < -0.4 is 5.32 Å². The van der Waals surface area contributed by atoms with E-state index in [1.165, 1.54) is 11.1 Å². The highest BCUT2D eigenvalue weighted by atomic mass is 16.2. The van der Waals surface area contributed by atoms with Crippen LogP contribution in [0.15, 0.2) is 24.3 Å². The van der Waals surface area contributed by atoms with Crippen molar-refractivity contribution in [1.29, 1.82) is 0 Å². The van der Waals surface area contributed by atoms with Gasteiger partial charge in [0, 0.05) is 11.8 Å². The van der Waals surface area contributed by atoms with E-state index in [-0.39, 0.29) is 30.1 Å². The number of fused-ring (bicyclic) bond motifs is 1. The number of hydrogen-bond acceptors (Lipinski definition) is 2. The second-order valence-electron chi connectivity index (χ2n) is 5.21. The number of amides is 1. The van der Waals surface area contributed by atoms with Crippen molar-refractivity contribution in [3.05, 3.63) is 35.4 Å². The van der Waals surface area contributed by atoms with Crippen molar-refractivity contribution in [3.8, 4) is 0 Å². The second kappa shape index (κ2) is 5.34. The molecule has 1 aromatic rings. The van der Waals surface area contributed by atoms with Crippen LogP contribution in [0, 0.1) is 11.8 Å². The summed E-state index contributed by atoms with van der Waals surface area (Å²) < 4.78 is 0. The van der Waals surface area contributed by atoms with Gasteiger partial charge in [0.1, 0.15) is 0 Å². The number of benzene rings is 1. The van der Waals surface area contributed by atoms with Crippen LogP contribution in [-0.4, -0.2) is 18.2 Å². The van der Waals surface area contributed by atoms with E-state index in [1.54, 1.807) is 0 Å². The van der Waals surface area contributed by atoms with E-state index in [0.717, 1.165) is 12.8 Å². The lowest BCUT2D eigenvalue weighted by atomic mass is 10.0. The molecule has 0 atom stereocenters. The molecule has 3 nitrogen and oxygen atoms in total. The third-order valence-electron chi connectivity index (χ3n) is 3.50. The van der Waals surface area contributed by atoms with Crippen molar-refractivity contribution in [2.75, 3.05) is 6.54 Å². The van der Waals surface area contributed by atoms with Crippen LogP contribution in [0.4, 0.5) is 0 Å². The Kier molecular flexibility index (Phi) is 3.80. The Bertz CT molecular complexity index is 440. The summed E-state index contributed by atoms with van der Waals surface area (Å²) in [5.74, 6) is 0.0486. The Balaban J connectivity index is 1.88. The van der Waals surface area contributed by atoms with Crippen LogP contribution in [0.2, 0.25) is 0 Å². The first kappa shape index (κ1) is 12.8. The minimum Gasteiger partial charge on any atom is -0.349 e. The lowest BCUT2D eigenvalue weighted by Crippen LogP contribution is -2.36. The summed E-state index contributed by atoms with van der Waals surface area (Å²) >= 11 is 0. The second-order valence-corrected chi connectivity index (χ2v) is 5.21. The minimum absolute atomic E-state index is 0.000185. The molecule has 1 aromatic carbocycles. The molecule has 0 aliphatic heterocycles. The third-order valence-corrected chi connectivity index (χ3v) is 3.50. The van der Waals surface area contributed by atoms with Gasteiger partial charge in [0.2, 0.25) is 5.91 Å². The first-order valence-corrected chi connectivity index (χ1v) is 6.45. The van der Waals surface area contributed by atoms with Gasteiger partial charge in [-0.1, -0.05) is 38.1 Å². The Labute approximate surface area is 108 Å². The number of ketones is 1. The highest BCUT2D eigenvalue weighted by Gasteiger charge is 2.27. The van der Waals surface area contributed by atoms with E-state index in [2.05, 4.69) is 17.4 Å². The van der Waals surface area contributed by atoms with Crippen molar-refractivity contribution in [3.63, 3.8) is 0 Å². The van der Waals surface area contributed by atoms with Gasteiger partial charge < -0.3 is 5.32 Å². The van der Waals surface area contributed by atoms with Crippen LogP contribution in [0.25, 0.3) is 0 Å². The molecule has 2 rings (SSSR count). The minimum atomic E-state index is -0.0222. The molecule has 96 valence electrons. The van der Waals surface area contributed by atoms with Gasteiger partial charge in [-0.3, -0.25) is 9.59 Å². The van der Waals surface area contributed by atoms with Crippen LogP contribution in [-0.2, 0) is 22.4 Å². The normalized spacial score (nSPS) is 14.6. The lowest BCUT2D eigenvalue weighted by Gasteiger charge is -2.10. The van der Waals surface area contributed by atoms with Crippen molar-refractivity contribution in [1.82, 2.24) is 5.32 Å². The number of nitrogens with one attached hydrogen (secondary N) is 1. The molecule has 1 N–H and O–H groups in total. The average molecular weight is 245 g/mol. The zero-order valence-corrected chi connectivity index (χ0v) is 10.9. The molecule has 0 spiro atoms. The van der Waals surface area contributed by atoms with Gasteiger partial charge in [-0.15, -0.1) is 0 Å². The van der Waals surface area contributed by atoms with Gasteiger partial charge in [-0.25, -0.2) is 0 Å². The maximum absolute atomic E-state index is 12.0. The van der Waals surface area contributed by atoms with Crippen molar-refractivity contribution in [2.24, 2.45) is 11.8 Å². The number of hydrogen-bond donors (Lipinski definition) is 1. The summed E-state index contributed by atoms with van der Waals surface area (Å²) in [6.07, 6.45) is 1.58. The standard InChI is InChI=1S/C15H19NO2/c1-10(2)14(17)9-16-15(18)13-7-11-5-3-4-6-12(11)8-13/h3-6,10,13H,7-9H2,1-2H3,(H,16,18). The molecule has 0 heterocycles. The van der Waals surface area contributed by atoms with Crippen molar-refractivity contribution >= 4 is 11.7 Å². The van der Waals surface area contributed by atoms with E-state index in [4.69, 9.17) is 0 Å². The molecule has 0 saturated carbocycles. The molecule has 0 unspecified atom stereocenters. The van der Waals surface area contributed by atoms with E-state index >= 15 is 0 Å². The molecular formula is C15H19NO2. The Morgan fingerprint density at radius 3 is 2.28 bits per heavy atom. The molecule has 0 radical (unpaired) electrons. The van der Waals surface area contributed by atoms with E-state index in [1.807, 2.05) is 26.0 Å². The number of Topliss-reactive ketones (excluding diaryl/α,β-unsaturated/α-hetero) is 1. The van der Waals surface area contributed by atoms with Gasteiger partial charge in [0.05, 0.1) is 6.54 Å². The van der Waals surface area contributed by atoms with Crippen LogP contribution in [0.3, 0.4) is 0 Å². The van der Waals surface area contributed by atoms with Crippen LogP contribution >= 0.6 is 0 Å². The quantitative estimate of drug-likeness (QED) is 0.878. The first-order valence-electron chi connectivity index (χ1n) is 6.45. The monoisotopic (exact) mass is 245 g/mol. The Morgan fingerprint density at radius 2 is 1.78 bits per heavy atom. The molecule has 18 heavy (non-hydrogen) atoms.